The molecule has 0 bridgehead atoms. The van der Waals surface area contributed by atoms with Gasteiger partial charge in [-0.15, -0.1) is 0 Å². The zero-order chi connectivity index (χ0) is 9.94. The molecule has 0 rings (SSSR count). The standard InChI is InChI=1S/C8H19NO2Si/c1-7(8(10)9(2)3)11-12(4,5)6/h7H,1-6H3/t7-/m0/s1. The summed E-state index contributed by atoms with van der Waals surface area (Å²) in [4.78, 5) is 12.9. The average Bonchev–Trinajstić information content (AvgIpc) is 1.82. The third-order valence-corrected chi connectivity index (χ3v) is 2.38. The number of rotatable bonds is 3. The first kappa shape index (κ1) is 11.6. The fourth-order valence-electron chi connectivity index (χ4n) is 0.944. The highest BCUT2D eigenvalue weighted by atomic mass is 28.4. The molecule has 0 aliphatic heterocycles. The molecule has 0 aromatic heterocycles. The van der Waals surface area contributed by atoms with Crippen molar-refractivity contribution in [3.63, 3.8) is 0 Å². The van der Waals surface area contributed by atoms with Gasteiger partial charge in [0.25, 0.3) is 0 Å². The molecule has 0 N–H and O–H groups in total. The van der Waals surface area contributed by atoms with Crippen LogP contribution in [0.15, 0.2) is 0 Å². The molecule has 0 heterocycles. The van der Waals surface area contributed by atoms with Crippen LogP contribution in [0.25, 0.3) is 0 Å². The Balaban J connectivity index is 4.05. The summed E-state index contributed by atoms with van der Waals surface area (Å²) in [5.74, 6) is 0.0393. The lowest BCUT2D eigenvalue weighted by molar-refractivity contribution is -0.135. The van der Waals surface area contributed by atoms with Gasteiger partial charge < -0.3 is 9.33 Å². The van der Waals surface area contributed by atoms with Gasteiger partial charge in [-0.3, -0.25) is 4.79 Å². The number of likely N-dealkylation sites (N-methyl/N-ethyl adjacent to an activating group) is 1. The van der Waals surface area contributed by atoms with E-state index in [1.165, 1.54) is 0 Å². The molecule has 1 amide bonds. The van der Waals surface area contributed by atoms with Gasteiger partial charge in [0.15, 0.2) is 8.32 Å². The lowest BCUT2D eigenvalue weighted by Gasteiger charge is -2.24. The van der Waals surface area contributed by atoms with Crippen LogP contribution < -0.4 is 0 Å². The van der Waals surface area contributed by atoms with E-state index in [0.29, 0.717) is 0 Å². The number of hydrogen-bond donors (Lipinski definition) is 0. The first-order valence-corrected chi connectivity index (χ1v) is 7.54. The Morgan fingerprint density at radius 2 is 1.75 bits per heavy atom. The van der Waals surface area contributed by atoms with Crippen molar-refractivity contribution in [2.75, 3.05) is 14.1 Å². The summed E-state index contributed by atoms with van der Waals surface area (Å²) in [5.41, 5.74) is 0. The smallest absolute Gasteiger partial charge is 0.249 e. The van der Waals surface area contributed by atoms with E-state index in [0.717, 1.165) is 0 Å². The lowest BCUT2D eigenvalue weighted by atomic mass is 10.4. The van der Waals surface area contributed by atoms with Crippen LogP contribution >= 0.6 is 0 Å². The Labute approximate surface area is 75.8 Å². The molecule has 0 unspecified atom stereocenters. The van der Waals surface area contributed by atoms with E-state index in [2.05, 4.69) is 19.6 Å². The van der Waals surface area contributed by atoms with Gasteiger partial charge in [-0.05, 0) is 26.6 Å². The number of nitrogens with zero attached hydrogens (tertiary/aromatic N) is 1. The molecule has 72 valence electrons. The van der Waals surface area contributed by atoms with Gasteiger partial charge in [-0.25, -0.2) is 0 Å². The van der Waals surface area contributed by atoms with E-state index < -0.39 is 8.32 Å². The zero-order valence-electron chi connectivity index (χ0n) is 8.84. The first-order valence-electron chi connectivity index (χ1n) is 4.13. The average molecular weight is 189 g/mol. The molecule has 12 heavy (non-hydrogen) atoms. The summed E-state index contributed by atoms with van der Waals surface area (Å²) in [7, 11) is 1.91. The highest BCUT2D eigenvalue weighted by Crippen LogP contribution is 2.08. The minimum atomic E-state index is -1.58. The highest BCUT2D eigenvalue weighted by molar-refractivity contribution is 6.69. The van der Waals surface area contributed by atoms with Crippen molar-refractivity contribution < 1.29 is 9.22 Å². The van der Waals surface area contributed by atoms with Gasteiger partial charge in [0.2, 0.25) is 5.91 Å². The van der Waals surface area contributed by atoms with E-state index in [-0.39, 0.29) is 12.0 Å². The third-order valence-electron chi connectivity index (χ3n) is 1.32. The van der Waals surface area contributed by atoms with Crippen LogP contribution in [0.1, 0.15) is 6.92 Å². The van der Waals surface area contributed by atoms with Crippen LogP contribution in [0.4, 0.5) is 0 Å². The highest BCUT2D eigenvalue weighted by Gasteiger charge is 2.23. The number of amides is 1. The quantitative estimate of drug-likeness (QED) is 0.627. The number of hydrogen-bond acceptors (Lipinski definition) is 2. The molecule has 0 radical (unpaired) electrons. The normalized spacial score (nSPS) is 14.2. The summed E-state index contributed by atoms with van der Waals surface area (Å²) >= 11 is 0. The fraction of sp³-hybridized carbons (Fsp3) is 0.875. The monoisotopic (exact) mass is 189 g/mol. The topological polar surface area (TPSA) is 29.5 Å². The van der Waals surface area contributed by atoms with Crippen LogP contribution in [0.5, 0.6) is 0 Å². The van der Waals surface area contributed by atoms with E-state index in [1.54, 1.807) is 25.9 Å². The van der Waals surface area contributed by atoms with Gasteiger partial charge >= 0.3 is 0 Å². The molecule has 0 aliphatic carbocycles. The van der Waals surface area contributed by atoms with Crippen LogP contribution in [-0.4, -0.2) is 39.3 Å². The van der Waals surface area contributed by atoms with Gasteiger partial charge in [0, 0.05) is 14.1 Å². The Morgan fingerprint density at radius 1 is 1.33 bits per heavy atom. The molecular formula is C8H19NO2Si. The first-order chi connectivity index (χ1) is 5.24. The Morgan fingerprint density at radius 3 is 2.00 bits per heavy atom. The van der Waals surface area contributed by atoms with Crippen LogP contribution in [0.2, 0.25) is 19.6 Å². The van der Waals surface area contributed by atoms with Crippen molar-refractivity contribution in [2.45, 2.75) is 32.7 Å². The molecule has 0 saturated carbocycles. The molecular weight excluding hydrogens is 170 g/mol. The SMILES string of the molecule is C[C@H](O[Si](C)(C)C)C(=O)N(C)C. The zero-order valence-corrected chi connectivity index (χ0v) is 9.84. The van der Waals surface area contributed by atoms with E-state index in [1.807, 2.05) is 0 Å². The van der Waals surface area contributed by atoms with Crippen LogP contribution in [-0.2, 0) is 9.22 Å². The number of carbonyl (C=O) groups is 1. The predicted octanol–water partition coefficient (Wildman–Crippen LogP) is 1.31. The lowest BCUT2D eigenvalue weighted by Crippen LogP contribution is -2.40. The second kappa shape index (κ2) is 4.05. The third kappa shape index (κ3) is 4.51. The van der Waals surface area contributed by atoms with Crippen LogP contribution in [0, 0.1) is 0 Å². The minimum absolute atomic E-state index is 0.0393. The summed E-state index contributed by atoms with van der Waals surface area (Å²) in [5, 5.41) is 0. The van der Waals surface area contributed by atoms with Gasteiger partial charge in [-0.2, -0.15) is 0 Å². The minimum Gasteiger partial charge on any atom is -0.406 e. The molecule has 0 aromatic rings. The molecule has 0 spiro atoms. The molecule has 0 fully saturated rings. The van der Waals surface area contributed by atoms with E-state index in [4.69, 9.17) is 4.43 Å². The molecule has 4 heteroatoms. The summed E-state index contributed by atoms with van der Waals surface area (Å²) < 4.78 is 5.61. The Bertz CT molecular complexity index is 163. The maximum Gasteiger partial charge on any atom is 0.249 e. The van der Waals surface area contributed by atoms with E-state index >= 15 is 0 Å². The van der Waals surface area contributed by atoms with Crippen molar-refractivity contribution in [1.82, 2.24) is 4.90 Å². The van der Waals surface area contributed by atoms with Crippen molar-refractivity contribution in [1.29, 1.82) is 0 Å². The van der Waals surface area contributed by atoms with E-state index in [9.17, 15) is 4.79 Å². The largest absolute Gasteiger partial charge is 0.406 e. The van der Waals surface area contributed by atoms with Crippen molar-refractivity contribution in [3.8, 4) is 0 Å². The fourth-order valence-corrected chi connectivity index (χ4v) is 2.11. The Hall–Kier alpha value is -0.353. The summed E-state index contributed by atoms with van der Waals surface area (Å²) in [6.07, 6.45) is -0.299. The maximum atomic E-state index is 11.3. The van der Waals surface area contributed by atoms with Crippen molar-refractivity contribution in [2.24, 2.45) is 0 Å². The van der Waals surface area contributed by atoms with Gasteiger partial charge in [0.05, 0.1) is 0 Å². The second-order valence-electron chi connectivity index (χ2n) is 4.11. The predicted molar refractivity (Wildman–Crippen MR) is 52.6 cm³/mol. The van der Waals surface area contributed by atoms with Crippen molar-refractivity contribution >= 4 is 14.2 Å². The van der Waals surface area contributed by atoms with Gasteiger partial charge in [-0.1, -0.05) is 0 Å². The number of carbonyl (C=O) groups excluding carboxylic acids is 1. The van der Waals surface area contributed by atoms with Crippen molar-refractivity contribution in [3.05, 3.63) is 0 Å². The molecule has 0 aliphatic rings. The Kier molecular flexibility index (Phi) is 3.93. The molecule has 0 saturated heterocycles. The molecule has 1 atom stereocenters. The van der Waals surface area contributed by atoms with Gasteiger partial charge in [0.1, 0.15) is 6.10 Å². The molecule has 0 aromatic carbocycles. The summed E-state index contributed by atoms with van der Waals surface area (Å²) in [6.45, 7) is 8.03. The second-order valence-corrected chi connectivity index (χ2v) is 8.57. The maximum absolute atomic E-state index is 11.3. The summed E-state index contributed by atoms with van der Waals surface area (Å²) in [6, 6.07) is 0. The molecule has 3 nitrogen and oxygen atoms in total. The van der Waals surface area contributed by atoms with Crippen LogP contribution in [0.3, 0.4) is 0 Å².